The van der Waals surface area contributed by atoms with Crippen molar-refractivity contribution in [2.75, 3.05) is 19.0 Å². The molecule has 0 amide bonds. The van der Waals surface area contributed by atoms with Gasteiger partial charge in [-0.2, -0.15) is 12.5 Å². The van der Waals surface area contributed by atoms with E-state index in [1.165, 1.54) is 24.4 Å². The summed E-state index contributed by atoms with van der Waals surface area (Å²) in [5.41, 5.74) is 1.44. The molecule has 32 heavy (non-hydrogen) atoms. The predicted molar refractivity (Wildman–Crippen MR) is 128 cm³/mol. The van der Waals surface area contributed by atoms with Gasteiger partial charge in [0.1, 0.15) is 16.4 Å². The molecule has 0 aliphatic rings. The van der Waals surface area contributed by atoms with Crippen LogP contribution in [-0.2, 0) is 10.0 Å². The second-order valence-corrected chi connectivity index (χ2v) is 9.76. The van der Waals surface area contributed by atoms with E-state index in [1.807, 2.05) is 54.6 Å². The maximum Gasteiger partial charge on any atom is 0.284 e. The molecule has 1 heterocycles. The monoisotopic (exact) mass is 487 g/mol. The van der Waals surface area contributed by atoms with E-state index in [4.69, 9.17) is 27.9 Å². The molecule has 0 N–H and O–H groups in total. The molecule has 0 spiro atoms. The van der Waals surface area contributed by atoms with E-state index in [9.17, 15) is 8.42 Å². The van der Waals surface area contributed by atoms with Crippen LogP contribution in [0.25, 0.3) is 11.1 Å². The molecule has 3 aromatic carbocycles. The van der Waals surface area contributed by atoms with Crippen LogP contribution >= 0.6 is 23.2 Å². The summed E-state index contributed by atoms with van der Waals surface area (Å²) in [5, 5.41) is 4.70. The highest BCUT2D eigenvalue weighted by Gasteiger charge is 2.25. The van der Waals surface area contributed by atoms with Crippen LogP contribution in [0.1, 0.15) is 0 Å². The Balaban J connectivity index is 1.71. The van der Waals surface area contributed by atoms with Gasteiger partial charge >= 0.3 is 0 Å². The average molecular weight is 488 g/mol. The van der Waals surface area contributed by atoms with Crippen molar-refractivity contribution in [3.63, 3.8) is 0 Å². The Morgan fingerprint density at radius 1 is 0.906 bits per heavy atom. The Kier molecular flexibility index (Phi) is 6.15. The van der Waals surface area contributed by atoms with E-state index in [0.717, 1.165) is 15.4 Å². The molecule has 0 bridgehead atoms. The molecule has 0 radical (unpaired) electrons. The number of aromatic nitrogens is 2. The number of anilines is 1. The number of nitrogens with zero attached hydrogens (tertiary/aromatic N) is 3. The summed E-state index contributed by atoms with van der Waals surface area (Å²) in [4.78, 5) is 1.67. The first-order valence-electron chi connectivity index (χ1n) is 9.56. The highest BCUT2D eigenvalue weighted by Crippen LogP contribution is 2.33. The molecule has 4 aromatic rings. The Labute approximate surface area is 196 Å². The molecular weight excluding hydrogens is 469 g/mol. The molecule has 0 saturated carbocycles. The van der Waals surface area contributed by atoms with Gasteiger partial charge in [0.2, 0.25) is 0 Å². The van der Waals surface area contributed by atoms with Gasteiger partial charge in [-0.1, -0.05) is 53.5 Å². The summed E-state index contributed by atoms with van der Waals surface area (Å²) in [7, 11) is -0.422. The van der Waals surface area contributed by atoms with Gasteiger partial charge in [0, 0.05) is 24.7 Å². The molecule has 0 aliphatic carbocycles. The number of hydrogen-bond acceptors (Lipinski definition) is 5. The van der Waals surface area contributed by atoms with Crippen molar-refractivity contribution in [1.82, 2.24) is 9.19 Å². The van der Waals surface area contributed by atoms with Crippen LogP contribution in [0.4, 0.5) is 5.82 Å². The van der Waals surface area contributed by atoms with Crippen molar-refractivity contribution in [3.05, 3.63) is 89.0 Å². The molecule has 0 unspecified atom stereocenters. The normalized spacial score (nSPS) is 11.4. The number of benzene rings is 3. The van der Waals surface area contributed by atoms with Gasteiger partial charge in [0.05, 0.1) is 11.2 Å². The van der Waals surface area contributed by atoms with Crippen LogP contribution in [-0.4, -0.2) is 31.7 Å². The summed E-state index contributed by atoms with van der Waals surface area (Å²) in [6.07, 6.45) is 1.47. The Bertz CT molecular complexity index is 1350. The highest BCUT2D eigenvalue weighted by molar-refractivity contribution is 7.90. The van der Waals surface area contributed by atoms with E-state index in [0.29, 0.717) is 22.2 Å². The minimum absolute atomic E-state index is 0.0309. The molecule has 6 nitrogen and oxygen atoms in total. The zero-order valence-electron chi connectivity index (χ0n) is 17.2. The minimum atomic E-state index is -4.01. The summed E-state index contributed by atoms with van der Waals surface area (Å²) in [5.74, 6) is 1.89. The van der Waals surface area contributed by atoms with E-state index < -0.39 is 10.0 Å². The number of ether oxygens (including phenoxy) is 1. The molecule has 0 fully saturated rings. The van der Waals surface area contributed by atoms with Crippen LogP contribution in [0.5, 0.6) is 11.5 Å². The smallest absolute Gasteiger partial charge is 0.284 e. The summed E-state index contributed by atoms with van der Waals surface area (Å²) in [6.45, 7) is 0. The molecular formula is C23H19Cl2N3O3S. The number of halogens is 2. The lowest BCUT2D eigenvalue weighted by atomic mass is 10.1. The first-order chi connectivity index (χ1) is 15.3. The molecule has 4 rings (SSSR count). The standard InChI is InChI=1S/C23H19Cl2N3O3S/c1-27(2)23-20(16-8-11-19(12-9-16)31-18-6-4-3-5-7-18)15-28(26-23)32(29,30)22-13-10-17(24)14-21(22)25/h3-15H,1-2H3. The third-order valence-electron chi connectivity index (χ3n) is 4.66. The third kappa shape index (κ3) is 4.46. The lowest BCUT2D eigenvalue weighted by molar-refractivity contribution is 0.483. The zero-order valence-corrected chi connectivity index (χ0v) is 19.6. The van der Waals surface area contributed by atoms with Crippen LogP contribution in [0.3, 0.4) is 0 Å². The van der Waals surface area contributed by atoms with Gasteiger partial charge in [-0.25, -0.2) is 0 Å². The topological polar surface area (TPSA) is 64.4 Å². The predicted octanol–water partition coefficient (Wildman–Crippen LogP) is 5.95. The van der Waals surface area contributed by atoms with Gasteiger partial charge in [-0.3, -0.25) is 0 Å². The molecule has 164 valence electrons. The minimum Gasteiger partial charge on any atom is -0.457 e. The van der Waals surface area contributed by atoms with Crippen molar-refractivity contribution in [2.24, 2.45) is 0 Å². The van der Waals surface area contributed by atoms with Crippen molar-refractivity contribution < 1.29 is 13.2 Å². The summed E-state index contributed by atoms with van der Waals surface area (Å²) >= 11 is 12.1. The average Bonchev–Trinajstić information content (AvgIpc) is 3.22. The Morgan fingerprint density at radius 2 is 1.56 bits per heavy atom. The fraction of sp³-hybridized carbons (Fsp3) is 0.0870. The fourth-order valence-corrected chi connectivity index (χ4v) is 4.99. The van der Waals surface area contributed by atoms with Crippen molar-refractivity contribution in [2.45, 2.75) is 4.90 Å². The SMILES string of the molecule is CN(C)c1nn(S(=O)(=O)c2ccc(Cl)cc2Cl)cc1-c1ccc(Oc2ccccc2)cc1. The molecule has 0 atom stereocenters. The van der Waals surface area contributed by atoms with Gasteiger partial charge in [0.15, 0.2) is 5.82 Å². The van der Waals surface area contributed by atoms with Crippen molar-refractivity contribution in [3.8, 4) is 22.6 Å². The first-order valence-corrected chi connectivity index (χ1v) is 11.8. The summed E-state index contributed by atoms with van der Waals surface area (Å²) in [6, 6.07) is 21.0. The van der Waals surface area contributed by atoms with Gasteiger partial charge in [-0.15, -0.1) is 5.10 Å². The quantitative estimate of drug-likeness (QED) is 0.336. The van der Waals surface area contributed by atoms with Gasteiger partial charge < -0.3 is 9.64 Å². The zero-order chi connectivity index (χ0) is 22.9. The largest absolute Gasteiger partial charge is 0.457 e. The lowest BCUT2D eigenvalue weighted by Gasteiger charge is -2.11. The van der Waals surface area contributed by atoms with E-state index >= 15 is 0 Å². The lowest BCUT2D eigenvalue weighted by Crippen LogP contribution is -2.16. The van der Waals surface area contributed by atoms with Crippen molar-refractivity contribution >= 4 is 39.0 Å². The second kappa shape index (κ2) is 8.86. The maximum atomic E-state index is 13.2. The van der Waals surface area contributed by atoms with E-state index in [2.05, 4.69) is 5.10 Å². The highest BCUT2D eigenvalue weighted by atomic mass is 35.5. The van der Waals surface area contributed by atoms with Crippen LogP contribution in [0, 0.1) is 0 Å². The van der Waals surface area contributed by atoms with E-state index in [1.54, 1.807) is 19.0 Å². The molecule has 1 aromatic heterocycles. The van der Waals surface area contributed by atoms with Gasteiger partial charge in [0.25, 0.3) is 10.0 Å². The Morgan fingerprint density at radius 3 is 2.19 bits per heavy atom. The Hall–Kier alpha value is -3.00. The maximum absolute atomic E-state index is 13.2. The van der Waals surface area contributed by atoms with Crippen molar-refractivity contribution in [1.29, 1.82) is 0 Å². The molecule has 0 saturated heterocycles. The number of hydrogen-bond donors (Lipinski definition) is 0. The number of para-hydroxylation sites is 1. The van der Waals surface area contributed by atoms with Gasteiger partial charge in [-0.05, 0) is 48.0 Å². The third-order valence-corrected chi connectivity index (χ3v) is 6.91. The van der Waals surface area contributed by atoms with Crippen LogP contribution < -0.4 is 9.64 Å². The van der Waals surface area contributed by atoms with Crippen LogP contribution in [0.15, 0.2) is 83.9 Å². The van der Waals surface area contributed by atoms with Crippen LogP contribution in [0.2, 0.25) is 10.0 Å². The fourth-order valence-electron chi connectivity index (χ4n) is 3.11. The molecule has 9 heteroatoms. The summed E-state index contributed by atoms with van der Waals surface area (Å²) < 4.78 is 33.1. The second-order valence-electron chi connectivity index (χ2n) is 7.15. The van der Waals surface area contributed by atoms with E-state index in [-0.39, 0.29) is 9.92 Å². The first kappa shape index (κ1) is 22.2. The number of rotatable bonds is 6. The molecule has 0 aliphatic heterocycles.